The molecule has 0 amide bonds. The molecule has 0 aliphatic heterocycles. The molecule has 0 unspecified atom stereocenters. The number of rotatable bonds is 1. The molecule has 0 aliphatic carbocycles. The van der Waals surface area contributed by atoms with Crippen molar-refractivity contribution in [2.75, 3.05) is 0 Å². The van der Waals surface area contributed by atoms with Gasteiger partial charge in [0.1, 0.15) is 6.33 Å². The summed E-state index contributed by atoms with van der Waals surface area (Å²) in [5.41, 5.74) is 4.52. The van der Waals surface area contributed by atoms with Crippen LogP contribution in [0.4, 0.5) is 0 Å². The van der Waals surface area contributed by atoms with Gasteiger partial charge in [0, 0.05) is 15.6 Å². The molecule has 3 heteroatoms. The van der Waals surface area contributed by atoms with Crippen molar-refractivity contribution in [1.82, 2.24) is 9.97 Å². The van der Waals surface area contributed by atoms with E-state index in [-0.39, 0.29) is 0 Å². The highest BCUT2D eigenvalue weighted by molar-refractivity contribution is 7.26. The van der Waals surface area contributed by atoms with Crippen molar-refractivity contribution in [2.45, 2.75) is 6.92 Å². The predicted molar refractivity (Wildman–Crippen MR) is 85.1 cm³/mol. The second kappa shape index (κ2) is 4.39. The van der Waals surface area contributed by atoms with Crippen molar-refractivity contribution in [1.29, 1.82) is 0 Å². The Bertz CT molecular complexity index is 924. The Morgan fingerprint density at radius 3 is 2.60 bits per heavy atom. The van der Waals surface area contributed by atoms with E-state index in [9.17, 15) is 0 Å². The summed E-state index contributed by atoms with van der Waals surface area (Å²) in [6, 6.07) is 16.8. The Hall–Kier alpha value is -2.26. The highest BCUT2D eigenvalue weighted by Crippen LogP contribution is 2.37. The van der Waals surface area contributed by atoms with E-state index in [1.54, 1.807) is 17.7 Å². The van der Waals surface area contributed by atoms with Crippen molar-refractivity contribution in [3.8, 4) is 11.3 Å². The van der Waals surface area contributed by atoms with E-state index in [1.165, 1.54) is 25.9 Å². The molecular weight excluding hydrogens is 264 g/mol. The van der Waals surface area contributed by atoms with Gasteiger partial charge in [0.05, 0.1) is 15.9 Å². The first-order chi connectivity index (χ1) is 9.84. The first-order valence-electron chi connectivity index (χ1n) is 6.53. The maximum Gasteiger partial charge on any atom is 0.116 e. The van der Waals surface area contributed by atoms with E-state index in [0.29, 0.717) is 0 Å². The number of nitrogens with zero attached hydrogens (tertiary/aromatic N) is 2. The summed E-state index contributed by atoms with van der Waals surface area (Å²) in [5, 5.41) is 1.21. The normalized spacial score (nSPS) is 11.2. The van der Waals surface area contributed by atoms with Crippen LogP contribution in [0.25, 0.3) is 31.6 Å². The maximum absolute atomic E-state index is 4.53. The lowest BCUT2D eigenvalue weighted by atomic mass is 10.1. The summed E-state index contributed by atoms with van der Waals surface area (Å²) in [6.45, 7) is 2.12. The van der Waals surface area contributed by atoms with E-state index in [2.05, 4.69) is 65.4 Å². The van der Waals surface area contributed by atoms with Crippen molar-refractivity contribution in [3.63, 3.8) is 0 Å². The molecule has 0 fully saturated rings. The summed E-state index contributed by atoms with van der Waals surface area (Å²) in [4.78, 5) is 9.02. The van der Waals surface area contributed by atoms with Gasteiger partial charge >= 0.3 is 0 Å². The number of thiophene rings is 1. The Morgan fingerprint density at radius 1 is 0.900 bits per heavy atom. The van der Waals surface area contributed by atoms with Crippen molar-refractivity contribution < 1.29 is 0 Å². The lowest BCUT2D eigenvalue weighted by molar-refractivity contribution is 1.23. The molecule has 4 aromatic rings. The molecule has 96 valence electrons. The first-order valence-corrected chi connectivity index (χ1v) is 7.34. The summed E-state index contributed by atoms with van der Waals surface area (Å²) >= 11 is 1.77. The topological polar surface area (TPSA) is 25.8 Å². The van der Waals surface area contributed by atoms with Crippen molar-refractivity contribution in [3.05, 3.63) is 60.4 Å². The summed E-state index contributed by atoms with van der Waals surface area (Å²) in [7, 11) is 0. The molecule has 4 rings (SSSR count). The van der Waals surface area contributed by atoms with Crippen LogP contribution in [0.15, 0.2) is 54.9 Å². The van der Waals surface area contributed by atoms with Gasteiger partial charge in [0.25, 0.3) is 0 Å². The third-order valence-electron chi connectivity index (χ3n) is 3.56. The summed E-state index contributed by atoms with van der Waals surface area (Å²) in [5.74, 6) is 0. The summed E-state index contributed by atoms with van der Waals surface area (Å²) < 4.78 is 2.43. The fraction of sp³-hybridized carbons (Fsp3) is 0.0588. The van der Waals surface area contributed by atoms with E-state index in [4.69, 9.17) is 0 Å². The average Bonchev–Trinajstić information content (AvgIpc) is 2.86. The van der Waals surface area contributed by atoms with Crippen LogP contribution in [-0.2, 0) is 0 Å². The van der Waals surface area contributed by atoms with Crippen LogP contribution in [-0.4, -0.2) is 9.97 Å². The van der Waals surface area contributed by atoms with Gasteiger partial charge in [0.2, 0.25) is 0 Å². The van der Waals surface area contributed by atoms with Gasteiger partial charge in [-0.25, -0.2) is 9.97 Å². The second-order valence-electron chi connectivity index (χ2n) is 4.81. The number of aryl methyl sites for hydroxylation is 1. The minimum absolute atomic E-state index is 1.04. The Kier molecular flexibility index (Phi) is 2.54. The molecule has 0 spiro atoms. The zero-order valence-electron chi connectivity index (χ0n) is 11.0. The van der Waals surface area contributed by atoms with Gasteiger partial charge in [-0.3, -0.25) is 0 Å². The van der Waals surface area contributed by atoms with Crippen molar-refractivity contribution in [2.24, 2.45) is 0 Å². The number of aromatic nitrogens is 2. The Labute approximate surface area is 120 Å². The smallest absolute Gasteiger partial charge is 0.116 e. The van der Waals surface area contributed by atoms with Crippen LogP contribution in [0.5, 0.6) is 0 Å². The molecule has 0 aliphatic rings. The molecule has 2 nitrogen and oxygen atoms in total. The van der Waals surface area contributed by atoms with E-state index in [1.807, 2.05) is 0 Å². The third kappa shape index (κ3) is 1.63. The van der Waals surface area contributed by atoms with Crippen LogP contribution in [0, 0.1) is 6.92 Å². The number of fused-ring (bicyclic) bond motifs is 3. The molecule has 0 saturated carbocycles. The van der Waals surface area contributed by atoms with Gasteiger partial charge in [-0.1, -0.05) is 42.5 Å². The molecule has 0 bridgehead atoms. The van der Waals surface area contributed by atoms with Crippen molar-refractivity contribution >= 4 is 31.6 Å². The molecule has 0 atom stereocenters. The number of hydrogen-bond acceptors (Lipinski definition) is 3. The third-order valence-corrected chi connectivity index (χ3v) is 4.72. The molecular formula is C17H12N2S. The molecule has 0 saturated heterocycles. The van der Waals surface area contributed by atoms with Crippen LogP contribution in [0.2, 0.25) is 0 Å². The van der Waals surface area contributed by atoms with Gasteiger partial charge in [-0.05, 0) is 18.6 Å². The highest BCUT2D eigenvalue weighted by Gasteiger charge is 2.13. The standard InChI is InChI=1S/C17H12N2S/c1-11-6-2-3-7-12(11)15-17-16(19-10-18-15)13-8-4-5-9-14(13)20-17/h2-10H,1H3. The van der Waals surface area contributed by atoms with Crippen LogP contribution >= 0.6 is 11.3 Å². The van der Waals surface area contributed by atoms with E-state index in [0.717, 1.165) is 11.2 Å². The second-order valence-corrected chi connectivity index (χ2v) is 5.87. The largest absolute Gasteiger partial charge is 0.235 e. The van der Waals surface area contributed by atoms with Gasteiger partial charge in [0.15, 0.2) is 0 Å². The van der Waals surface area contributed by atoms with Gasteiger partial charge in [-0.2, -0.15) is 0 Å². The van der Waals surface area contributed by atoms with Crippen LogP contribution in [0.1, 0.15) is 5.56 Å². The minimum atomic E-state index is 1.04. The summed E-state index contributed by atoms with van der Waals surface area (Å²) in [6.07, 6.45) is 1.67. The van der Waals surface area contributed by atoms with Crippen LogP contribution < -0.4 is 0 Å². The zero-order chi connectivity index (χ0) is 13.5. The maximum atomic E-state index is 4.53. The molecule has 2 heterocycles. The fourth-order valence-corrected chi connectivity index (χ4v) is 3.71. The van der Waals surface area contributed by atoms with Gasteiger partial charge in [-0.15, -0.1) is 11.3 Å². The van der Waals surface area contributed by atoms with Gasteiger partial charge < -0.3 is 0 Å². The average molecular weight is 276 g/mol. The quantitative estimate of drug-likeness (QED) is 0.498. The monoisotopic (exact) mass is 276 g/mol. The SMILES string of the molecule is Cc1ccccc1-c1ncnc2c1sc1ccccc12. The van der Waals surface area contributed by atoms with E-state index >= 15 is 0 Å². The zero-order valence-corrected chi connectivity index (χ0v) is 11.8. The molecule has 20 heavy (non-hydrogen) atoms. The van der Waals surface area contributed by atoms with Crippen LogP contribution in [0.3, 0.4) is 0 Å². The first kappa shape index (κ1) is 11.6. The number of hydrogen-bond donors (Lipinski definition) is 0. The molecule has 0 radical (unpaired) electrons. The lowest BCUT2D eigenvalue weighted by Crippen LogP contribution is -1.88. The van der Waals surface area contributed by atoms with E-state index < -0.39 is 0 Å². The Morgan fingerprint density at radius 2 is 1.70 bits per heavy atom. The molecule has 2 aromatic heterocycles. The lowest BCUT2D eigenvalue weighted by Gasteiger charge is -2.05. The minimum Gasteiger partial charge on any atom is -0.235 e. The fourth-order valence-electron chi connectivity index (χ4n) is 2.55. The molecule has 0 N–H and O–H groups in total. The highest BCUT2D eigenvalue weighted by atomic mass is 32.1. The number of benzene rings is 2. The Balaban J connectivity index is 2.13. The molecule has 2 aromatic carbocycles. The predicted octanol–water partition coefficient (Wildman–Crippen LogP) is 4.82.